The second-order valence-corrected chi connectivity index (χ2v) is 5.33. The molecule has 0 saturated heterocycles. The minimum atomic E-state index is -0.0773. The van der Waals surface area contributed by atoms with Crippen LogP contribution in [0.4, 0.5) is 0 Å². The Hall–Kier alpha value is -0.280. The molecule has 2 aliphatic rings. The summed E-state index contributed by atoms with van der Waals surface area (Å²) in [7, 11) is 0. The molecule has 0 spiro atoms. The van der Waals surface area contributed by atoms with Gasteiger partial charge < -0.3 is 11.1 Å². The summed E-state index contributed by atoms with van der Waals surface area (Å²) in [4.78, 5) is 11.5. The zero-order chi connectivity index (χ0) is 10.7. The first kappa shape index (κ1) is 13.8. The summed E-state index contributed by atoms with van der Waals surface area (Å²) in [5.74, 6) is 1.02. The van der Waals surface area contributed by atoms with Crippen molar-refractivity contribution in [1.29, 1.82) is 0 Å². The summed E-state index contributed by atoms with van der Waals surface area (Å²) in [5.41, 5.74) is 5.95. The van der Waals surface area contributed by atoms with Crippen LogP contribution in [0, 0.1) is 5.92 Å². The van der Waals surface area contributed by atoms with Gasteiger partial charge >= 0.3 is 0 Å². The van der Waals surface area contributed by atoms with Crippen molar-refractivity contribution in [2.75, 3.05) is 6.54 Å². The number of nitrogens with one attached hydrogen (secondary N) is 1. The van der Waals surface area contributed by atoms with Crippen LogP contribution in [0.5, 0.6) is 0 Å². The van der Waals surface area contributed by atoms with Crippen LogP contribution in [-0.4, -0.2) is 18.0 Å². The minimum absolute atomic E-state index is 0. The van der Waals surface area contributed by atoms with Gasteiger partial charge in [0.2, 0.25) is 5.91 Å². The maximum Gasteiger partial charge on any atom is 0.220 e. The first-order valence-corrected chi connectivity index (χ1v) is 6.24. The lowest BCUT2D eigenvalue weighted by molar-refractivity contribution is -0.121. The summed E-state index contributed by atoms with van der Waals surface area (Å²) in [5, 5.41) is 2.96. The highest BCUT2D eigenvalue weighted by Crippen LogP contribution is 2.30. The van der Waals surface area contributed by atoms with Crippen LogP contribution in [0.15, 0.2) is 0 Å². The number of rotatable bonds is 5. The highest BCUT2D eigenvalue weighted by atomic mass is 35.5. The van der Waals surface area contributed by atoms with Crippen LogP contribution in [0.2, 0.25) is 0 Å². The molecule has 1 amide bonds. The van der Waals surface area contributed by atoms with E-state index in [9.17, 15) is 4.79 Å². The Balaban J connectivity index is 0.00000128. The van der Waals surface area contributed by atoms with E-state index in [2.05, 4.69) is 5.32 Å². The highest BCUT2D eigenvalue weighted by Gasteiger charge is 2.32. The van der Waals surface area contributed by atoms with Crippen molar-refractivity contribution in [3.05, 3.63) is 0 Å². The lowest BCUT2D eigenvalue weighted by atomic mass is 9.77. The molecular weight excluding hydrogens is 224 g/mol. The molecule has 94 valence electrons. The predicted molar refractivity (Wildman–Crippen MR) is 67.6 cm³/mol. The Morgan fingerprint density at radius 3 is 2.44 bits per heavy atom. The van der Waals surface area contributed by atoms with E-state index < -0.39 is 0 Å². The smallest absolute Gasteiger partial charge is 0.220 e. The molecule has 0 aromatic rings. The van der Waals surface area contributed by atoms with Gasteiger partial charge in [0.05, 0.1) is 0 Å². The van der Waals surface area contributed by atoms with Gasteiger partial charge in [-0.15, -0.1) is 12.4 Å². The van der Waals surface area contributed by atoms with E-state index in [0.29, 0.717) is 13.0 Å². The molecule has 0 bridgehead atoms. The molecule has 0 radical (unpaired) electrons. The number of hydrogen-bond acceptors (Lipinski definition) is 2. The van der Waals surface area contributed by atoms with E-state index in [4.69, 9.17) is 5.73 Å². The van der Waals surface area contributed by atoms with E-state index in [1.54, 1.807) is 0 Å². The van der Waals surface area contributed by atoms with E-state index in [1.165, 1.54) is 25.7 Å². The fraction of sp³-hybridized carbons (Fsp3) is 0.917. The standard InChI is InChI=1S/C12H22N2O.ClH/c13-12(7-2-8-12)9-14-11(15)6-5-10-3-1-4-10;/h10H,1-9,13H2,(H,14,15);1H. The molecule has 0 heterocycles. The second-order valence-electron chi connectivity index (χ2n) is 5.33. The molecule has 2 rings (SSSR count). The Morgan fingerprint density at radius 1 is 1.31 bits per heavy atom. The van der Waals surface area contributed by atoms with Gasteiger partial charge in [-0.1, -0.05) is 19.3 Å². The first-order valence-electron chi connectivity index (χ1n) is 6.24. The monoisotopic (exact) mass is 246 g/mol. The number of halogens is 1. The summed E-state index contributed by atoms with van der Waals surface area (Å²) >= 11 is 0. The van der Waals surface area contributed by atoms with Gasteiger partial charge in [-0.05, 0) is 31.6 Å². The van der Waals surface area contributed by atoms with Crippen molar-refractivity contribution in [3.8, 4) is 0 Å². The molecule has 2 fully saturated rings. The van der Waals surface area contributed by atoms with Gasteiger partial charge in [-0.3, -0.25) is 4.79 Å². The molecule has 3 nitrogen and oxygen atoms in total. The normalized spacial score (nSPS) is 22.6. The third kappa shape index (κ3) is 3.63. The maximum atomic E-state index is 11.5. The summed E-state index contributed by atoms with van der Waals surface area (Å²) < 4.78 is 0. The topological polar surface area (TPSA) is 55.1 Å². The van der Waals surface area contributed by atoms with Crippen molar-refractivity contribution in [2.45, 2.75) is 56.9 Å². The quantitative estimate of drug-likeness (QED) is 0.780. The molecule has 2 aliphatic carbocycles. The zero-order valence-corrected chi connectivity index (χ0v) is 10.7. The molecule has 0 aromatic heterocycles. The van der Waals surface area contributed by atoms with E-state index in [-0.39, 0.29) is 23.9 Å². The lowest BCUT2D eigenvalue weighted by Gasteiger charge is -2.38. The average molecular weight is 247 g/mol. The summed E-state index contributed by atoms with van der Waals surface area (Å²) in [6.07, 6.45) is 9.13. The number of amides is 1. The Bertz CT molecular complexity index is 237. The molecular formula is C12H23ClN2O. The molecule has 0 atom stereocenters. The molecule has 16 heavy (non-hydrogen) atoms. The first-order chi connectivity index (χ1) is 7.18. The van der Waals surface area contributed by atoms with Crippen LogP contribution in [-0.2, 0) is 4.79 Å². The molecule has 3 N–H and O–H groups in total. The van der Waals surface area contributed by atoms with Crippen LogP contribution >= 0.6 is 12.4 Å². The predicted octanol–water partition coefficient (Wildman–Crippen LogP) is 1.99. The number of carbonyl (C=O) groups excluding carboxylic acids is 1. The Kier molecular flexibility index (Phi) is 5.06. The molecule has 0 unspecified atom stereocenters. The van der Waals surface area contributed by atoms with E-state index in [0.717, 1.165) is 25.2 Å². The van der Waals surface area contributed by atoms with Gasteiger partial charge in [-0.25, -0.2) is 0 Å². The van der Waals surface area contributed by atoms with Crippen molar-refractivity contribution in [1.82, 2.24) is 5.32 Å². The molecule has 0 aromatic carbocycles. The number of carbonyl (C=O) groups is 1. The summed E-state index contributed by atoms with van der Waals surface area (Å²) in [6.45, 7) is 0.677. The lowest BCUT2D eigenvalue weighted by Crippen LogP contribution is -2.54. The minimum Gasteiger partial charge on any atom is -0.354 e. The number of nitrogens with two attached hydrogens (primary N) is 1. The third-order valence-electron chi connectivity index (χ3n) is 3.99. The van der Waals surface area contributed by atoms with Gasteiger partial charge in [0.1, 0.15) is 0 Å². The van der Waals surface area contributed by atoms with Gasteiger partial charge in [0.25, 0.3) is 0 Å². The zero-order valence-electron chi connectivity index (χ0n) is 9.84. The van der Waals surface area contributed by atoms with Gasteiger partial charge in [0.15, 0.2) is 0 Å². The van der Waals surface area contributed by atoms with E-state index in [1.807, 2.05) is 0 Å². The fourth-order valence-corrected chi connectivity index (χ4v) is 2.29. The Labute approximate surface area is 104 Å². The van der Waals surface area contributed by atoms with Crippen LogP contribution < -0.4 is 11.1 Å². The molecule has 4 heteroatoms. The summed E-state index contributed by atoms with van der Waals surface area (Å²) in [6, 6.07) is 0. The van der Waals surface area contributed by atoms with Gasteiger partial charge in [0, 0.05) is 18.5 Å². The van der Waals surface area contributed by atoms with Crippen molar-refractivity contribution < 1.29 is 4.79 Å². The van der Waals surface area contributed by atoms with Crippen molar-refractivity contribution in [3.63, 3.8) is 0 Å². The fourth-order valence-electron chi connectivity index (χ4n) is 2.29. The van der Waals surface area contributed by atoms with Gasteiger partial charge in [-0.2, -0.15) is 0 Å². The SMILES string of the molecule is Cl.NC1(CNC(=O)CCC2CCC2)CCC1. The second kappa shape index (κ2) is 5.87. The third-order valence-corrected chi connectivity index (χ3v) is 3.99. The van der Waals surface area contributed by atoms with Crippen molar-refractivity contribution in [2.24, 2.45) is 11.7 Å². The highest BCUT2D eigenvalue weighted by molar-refractivity contribution is 5.85. The van der Waals surface area contributed by atoms with Crippen LogP contribution in [0.1, 0.15) is 51.4 Å². The van der Waals surface area contributed by atoms with Crippen LogP contribution in [0.25, 0.3) is 0 Å². The molecule has 2 saturated carbocycles. The average Bonchev–Trinajstić information content (AvgIpc) is 2.09. The van der Waals surface area contributed by atoms with Crippen molar-refractivity contribution >= 4 is 18.3 Å². The Morgan fingerprint density at radius 2 is 2.00 bits per heavy atom. The van der Waals surface area contributed by atoms with Crippen LogP contribution in [0.3, 0.4) is 0 Å². The maximum absolute atomic E-state index is 11.5. The van der Waals surface area contributed by atoms with E-state index >= 15 is 0 Å². The number of hydrogen-bond donors (Lipinski definition) is 2. The largest absolute Gasteiger partial charge is 0.354 e. The molecule has 0 aliphatic heterocycles.